The van der Waals surface area contributed by atoms with Gasteiger partial charge in [-0.25, -0.2) is 9.18 Å². The van der Waals surface area contributed by atoms with Gasteiger partial charge in [-0.3, -0.25) is 4.79 Å². The third kappa shape index (κ3) is 4.30. The zero-order chi connectivity index (χ0) is 21.0. The van der Waals surface area contributed by atoms with Crippen molar-refractivity contribution in [3.63, 3.8) is 0 Å². The predicted octanol–water partition coefficient (Wildman–Crippen LogP) is 5.30. The summed E-state index contributed by atoms with van der Waals surface area (Å²) in [6.45, 7) is 3.75. The first-order valence-electron chi connectivity index (χ1n) is 8.97. The Bertz CT molecular complexity index is 1040. The fourth-order valence-electron chi connectivity index (χ4n) is 2.95. The molecule has 7 heteroatoms. The molecule has 2 aromatic carbocycles. The van der Waals surface area contributed by atoms with Crippen LogP contribution in [0.15, 0.2) is 48.5 Å². The molecule has 0 saturated heterocycles. The molecule has 0 atom stereocenters. The van der Waals surface area contributed by atoms with Gasteiger partial charge in [-0.05, 0) is 43.7 Å². The second kappa shape index (κ2) is 8.87. The van der Waals surface area contributed by atoms with Crippen LogP contribution in [0.25, 0.3) is 11.1 Å². The van der Waals surface area contributed by atoms with E-state index in [-0.39, 0.29) is 17.7 Å². The van der Waals surface area contributed by atoms with Crippen molar-refractivity contribution in [2.75, 3.05) is 19.0 Å². The van der Waals surface area contributed by atoms with Crippen molar-refractivity contribution < 1.29 is 23.5 Å². The van der Waals surface area contributed by atoms with Crippen molar-refractivity contribution in [1.29, 1.82) is 0 Å². The first-order valence-corrected chi connectivity index (χ1v) is 9.78. The number of hydrogen-bond acceptors (Lipinski definition) is 5. The Kier molecular flexibility index (Phi) is 6.29. The van der Waals surface area contributed by atoms with E-state index in [1.807, 2.05) is 19.1 Å². The first-order chi connectivity index (χ1) is 14.0. The highest BCUT2D eigenvalue weighted by Gasteiger charge is 2.26. The SMILES string of the molecule is CCOC(=O)c1c(NC(=O)c2ccccc2F)sc(C)c1-c1ccc(OC)cc1. The number of thiophene rings is 1. The third-order valence-electron chi connectivity index (χ3n) is 4.29. The van der Waals surface area contributed by atoms with Gasteiger partial charge in [0.25, 0.3) is 5.91 Å². The molecule has 3 rings (SSSR count). The second-order valence-electron chi connectivity index (χ2n) is 6.12. The monoisotopic (exact) mass is 413 g/mol. The molecule has 1 aromatic heterocycles. The molecule has 29 heavy (non-hydrogen) atoms. The molecule has 0 unspecified atom stereocenters. The molecule has 0 aliphatic carbocycles. The van der Waals surface area contributed by atoms with Crippen LogP contribution in [0.5, 0.6) is 5.75 Å². The fourth-order valence-corrected chi connectivity index (χ4v) is 4.01. The van der Waals surface area contributed by atoms with Gasteiger partial charge >= 0.3 is 5.97 Å². The number of benzene rings is 2. The Labute approximate surface area is 172 Å². The van der Waals surface area contributed by atoms with Gasteiger partial charge < -0.3 is 14.8 Å². The van der Waals surface area contributed by atoms with Gasteiger partial charge in [0.1, 0.15) is 22.1 Å². The average molecular weight is 413 g/mol. The van der Waals surface area contributed by atoms with E-state index in [0.29, 0.717) is 16.3 Å². The lowest BCUT2D eigenvalue weighted by Crippen LogP contribution is -2.16. The third-order valence-corrected chi connectivity index (χ3v) is 5.31. The van der Waals surface area contributed by atoms with Crippen molar-refractivity contribution in [2.24, 2.45) is 0 Å². The summed E-state index contributed by atoms with van der Waals surface area (Å²) in [5, 5.41) is 2.99. The Balaban J connectivity index is 2.06. The average Bonchev–Trinajstić information content (AvgIpc) is 3.04. The van der Waals surface area contributed by atoms with E-state index in [4.69, 9.17) is 9.47 Å². The number of carbonyl (C=O) groups excluding carboxylic acids is 2. The van der Waals surface area contributed by atoms with E-state index in [9.17, 15) is 14.0 Å². The number of nitrogens with one attached hydrogen (secondary N) is 1. The first kappa shape index (κ1) is 20.5. The molecule has 1 amide bonds. The number of esters is 1. The molecule has 0 aliphatic heterocycles. The van der Waals surface area contributed by atoms with Crippen molar-refractivity contribution in [3.8, 4) is 16.9 Å². The van der Waals surface area contributed by atoms with Gasteiger partial charge in [0, 0.05) is 10.4 Å². The van der Waals surface area contributed by atoms with Crippen LogP contribution in [0.1, 0.15) is 32.5 Å². The quantitative estimate of drug-likeness (QED) is 0.557. The maximum Gasteiger partial charge on any atom is 0.341 e. The molecular formula is C22H20FNO4S. The lowest BCUT2D eigenvalue weighted by molar-refractivity contribution is 0.0529. The number of amides is 1. The molecule has 150 valence electrons. The number of hydrogen-bond donors (Lipinski definition) is 1. The summed E-state index contributed by atoms with van der Waals surface area (Å²) >= 11 is 1.24. The summed E-state index contributed by atoms with van der Waals surface area (Å²) in [7, 11) is 1.57. The summed E-state index contributed by atoms with van der Waals surface area (Å²) < 4.78 is 24.4. The van der Waals surface area contributed by atoms with E-state index in [2.05, 4.69) is 5.32 Å². The highest BCUT2D eigenvalue weighted by Crippen LogP contribution is 2.41. The van der Waals surface area contributed by atoms with E-state index in [1.165, 1.54) is 29.5 Å². The molecule has 3 aromatic rings. The van der Waals surface area contributed by atoms with Crippen LogP contribution < -0.4 is 10.1 Å². The molecule has 1 N–H and O–H groups in total. The lowest BCUT2D eigenvalue weighted by Gasteiger charge is -2.10. The second-order valence-corrected chi connectivity index (χ2v) is 7.35. The maximum absolute atomic E-state index is 14.0. The molecule has 0 bridgehead atoms. The molecule has 0 aliphatic rings. The van der Waals surface area contributed by atoms with Gasteiger partial charge in [-0.15, -0.1) is 11.3 Å². The molecule has 5 nitrogen and oxygen atoms in total. The summed E-state index contributed by atoms with van der Waals surface area (Å²) in [4.78, 5) is 26.1. The summed E-state index contributed by atoms with van der Waals surface area (Å²) in [5.41, 5.74) is 1.61. The standard InChI is InChI=1S/C22H20FNO4S/c1-4-28-22(26)19-18(14-9-11-15(27-3)12-10-14)13(2)29-21(19)24-20(25)16-7-5-6-8-17(16)23/h5-12H,4H2,1-3H3,(H,24,25). The van der Waals surface area contributed by atoms with Crippen LogP contribution in [0.4, 0.5) is 9.39 Å². The molecule has 0 saturated carbocycles. The van der Waals surface area contributed by atoms with Crippen LogP contribution in [-0.4, -0.2) is 25.6 Å². The molecule has 0 spiro atoms. The zero-order valence-electron chi connectivity index (χ0n) is 16.2. The van der Waals surface area contributed by atoms with Crippen molar-refractivity contribution in [3.05, 3.63) is 70.4 Å². The number of anilines is 1. The van der Waals surface area contributed by atoms with Gasteiger partial charge in [0.2, 0.25) is 0 Å². The van der Waals surface area contributed by atoms with Crippen LogP contribution in [0, 0.1) is 12.7 Å². The summed E-state index contributed by atoms with van der Waals surface area (Å²) in [6, 6.07) is 12.9. The van der Waals surface area contributed by atoms with E-state index in [1.54, 1.807) is 32.2 Å². The van der Waals surface area contributed by atoms with Crippen LogP contribution in [-0.2, 0) is 4.74 Å². The summed E-state index contributed by atoms with van der Waals surface area (Å²) in [6.07, 6.45) is 0. The number of rotatable bonds is 6. The predicted molar refractivity (Wildman–Crippen MR) is 111 cm³/mol. The van der Waals surface area contributed by atoms with E-state index >= 15 is 0 Å². The normalized spacial score (nSPS) is 10.5. The Morgan fingerprint density at radius 1 is 1.10 bits per heavy atom. The topological polar surface area (TPSA) is 64.6 Å². The Morgan fingerprint density at radius 2 is 1.79 bits per heavy atom. The van der Waals surface area contributed by atoms with E-state index < -0.39 is 17.7 Å². The molecular weight excluding hydrogens is 393 g/mol. The van der Waals surface area contributed by atoms with E-state index in [0.717, 1.165) is 10.4 Å². The number of methoxy groups -OCH3 is 1. The lowest BCUT2D eigenvalue weighted by atomic mass is 10.0. The molecule has 0 fully saturated rings. The smallest absolute Gasteiger partial charge is 0.341 e. The largest absolute Gasteiger partial charge is 0.497 e. The van der Waals surface area contributed by atoms with Crippen molar-refractivity contribution in [2.45, 2.75) is 13.8 Å². The van der Waals surface area contributed by atoms with Crippen molar-refractivity contribution in [1.82, 2.24) is 0 Å². The minimum absolute atomic E-state index is 0.0978. The molecule has 1 heterocycles. The number of ether oxygens (including phenoxy) is 2. The van der Waals surface area contributed by atoms with Crippen LogP contribution >= 0.6 is 11.3 Å². The van der Waals surface area contributed by atoms with Gasteiger partial charge in [-0.2, -0.15) is 0 Å². The van der Waals surface area contributed by atoms with Gasteiger partial charge in [0.15, 0.2) is 0 Å². The maximum atomic E-state index is 14.0. The van der Waals surface area contributed by atoms with Crippen molar-refractivity contribution >= 4 is 28.2 Å². The summed E-state index contributed by atoms with van der Waals surface area (Å²) in [5.74, 6) is -1.12. The number of carbonyl (C=O) groups is 2. The Morgan fingerprint density at radius 3 is 2.41 bits per heavy atom. The van der Waals surface area contributed by atoms with Gasteiger partial charge in [0.05, 0.1) is 19.3 Å². The fraction of sp³-hybridized carbons (Fsp3) is 0.182. The van der Waals surface area contributed by atoms with Crippen LogP contribution in [0.3, 0.4) is 0 Å². The minimum atomic E-state index is -0.633. The highest BCUT2D eigenvalue weighted by molar-refractivity contribution is 7.17. The van der Waals surface area contributed by atoms with Gasteiger partial charge in [-0.1, -0.05) is 24.3 Å². The molecule has 0 radical (unpaired) electrons. The van der Waals surface area contributed by atoms with Crippen LogP contribution in [0.2, 0.25) is 0 Å². The number of aryl methyl sites for hydroxylation is 1. The minimum Gasteiger partial charge on any atom is -0.497 e. The highest BCUT2D eigenvalue weighted by atomic mass is 32.1. The number of halogens is 1. The zero-order valence-corrected chi connectivity index (χ0v) is 17.1. The Hall–Kier alpha value is -3.19.